The largest absolute Gasteiger partial charge is 0.348 e. The van der Waals surface area contributed by atoms with Gasteiger partial charge >= 0.3 is 0 Å². The van der Waals surface area contributed by atoms with Crippen LogP contribution >= 0.6 is 11.3 Å². The third kappa shape index (κ3) is 4.30. The molecule has 0 unspecified atom stereocenters. The Morgan fingerprint density at radius 2 is 1.97 bits per heavy atom. The molecule has 2 heterocycles. The van der Waals surface area contributed by atoms with Gasteiger partial charge in [-0.1, -0.05) is 29.5 Å². The number of nitro benzene ring substituents is 1. The topological polar surface area (TPSA) is 105 Å². The summed E-state index contributed by atoms with van der Waals surface area (Å²) in [5, 5.41) is 12.0. The van der Waals surface area contributed by atoms with Crippen molar-refractivity contribution in [3.63, 3.8) is 0 Å². The number of nitro groups is 1. The number of sulfonamides is 1. The number of hydrogen-bond acceptors (Lipinski definition) is 7. The summed E-state index contributed by atoms with van der Waals surface area (Å²) in [6.07, 6.45) is 1.71. The number of para-hydroxylation sites is 1. The molecule has 1 saturated heterocycles. The number of fused-ring (bicyclic) bond motifs is 1. The molecule has 0 atom stereocenters. The van der Waals surface area contributed by atoms with Crippen molar-refractivity contribution in [3.8, 4) is 0 Å². The molecule has 30 heavy (non-hydrogen) atoms. The first-order valence-electron chi connectivity index (χ1n) is 9.69. The summed E-state index contributed by atoms with van der Waals surface area (Å²) in [5.74, 6) is 0.212. The van der Waals surface area contributed by atoms with E-state index in [-0.39, 0.29) is 16.5 Å². The third-order valence-electron chi connectivity index (χ3n) is 5.40. The van der Waals surface area contributed by atoms with Crippen LogP contribution in [0.1, 0.15) is 18.4 Å². The second-order valence-electron chi connectivity index (χ2n) is 7.45. The molecule has 2 aromatic carbocycles. The van der Waals surface area contributed by atoms with Crippen molar-refractivity contribution in [3.05, 3.63) is 58.1 Å². The van der Waals surface area contributed by atoms with E-state index in [4.69, 9.17) is 4.98 Å². The zero-order valence-electron chi connectivity index (χ0n) is 16.4. The number of benzene rings is 2. The fourth-order valence-electron chi connectivity index (χ4n) is 3.62. The van der Waals surface area contributed by atoms with Gasteiger partial charge in [0.15, 0.2) is 5.13 Å². The number of nitrogens with one attached hydrogen (secondary N) is 1. The van der Waals surface area contributed by atoms with E-state index < -0.39 is 14.9 Å². The Bertz CT molecular complexity index is 1150. The van der Waals surface area contributed by atoms with Gasteiger partial charge in [-0.2, -0.15) is 0 Å². The van der Waals surface area contributed by atoms with E-state index >= 15 is 0 Å². The molecule has 10 heteroatoms. The Hall–Kier alpha value is -2.56. The van der Waals surface area contributed by atoms with Crippen LogP contribution in [0.2, 0.25) is 0 Å². The fraction of sp³-hybridized carbons (Fsp3) is 0.350. The van der Waals surface area contributed by atoms with Gasteiger partial charge in [0.2, 0.25) is 10.0 Å². The number of thiazole rings is 1. The maximum absolute atomic E-state index is 12.7. The highest BCUT2D eigenvalue weighted by molar-refractivity contribution is 7.89. The van der Waals surface area contributed by atoms with Gasteiger partial charge in [0, 0.05) is 31.8 Å². The molecule has 8 nitrogen and oxygen atoms in total. The van der Waals surface area contributed by atoms with Gasteiger partial charge < -0.3 is 4.90 Å². The highest BCUT2D eigenvalue weighted by atomic mass is 32.2. The van der Waals surface area contributed by atoms with Gasteiger partial charge in [-0.25, -0.2) is 18.1 Å². The standard InChI is InChI=1S/C20H22N4O4S2/c1-14-6-7-16(24(25)26)12-19(14)30(27,28)21-13-15-8-10-23(11-9-15)20-22-17-4-2-3-5-18(17)29-20/h2-7,12,15,21H,8-11,13H2,1H3. The molecular formula is C20H22N4O4S2. The van der Waals surface area contributed by atoms with Crippen molar-refractivity contribution < 1.29 is 13.3 Å². The van der Waals surface area contributed by atoms with Crippen LogP contribution < -0.4 is 9.62 Å². The van der Waals surface area contributed by atoms with Crippen molar-refractivity contribution >= 4 is 42.4 Å². The average molecular weight is 447 g/mol. The maximum atomic E-state index is 12.7. The zero-order valence-corrected chi connectivity index (χ0v) is 18.1. The van der Waals surface area contributed by atoms with E-state index in [2.05, 4.69) is 15.7 Å². The highest BCUT2D eigenvalue weighted by Crippen LogP contribution is 2.31. The summed E-state index contributed by atoms with van der Waals surface area (Å²) in [4.78, 5) is 17.3. The first-order valence-corrected chi connectivity index (χ1v) is 12.0. The Kier molecular flexibility index (Phi) is 5.72. The van der Waals surface area contributed by atoms with E-state index in [1.54, 1.807) is 18.3 Å². The quantitative estimate of drug-likeness (QED) is 0.457. The Morgan fingerprint density at radius 1 is 1.23 bits per heavy atom. The summed E-state index contributed by atoms with van der Waals surface area (Å²) >= 11 is 1.67. The molecule has 3 aromatic rings. The minimum absolute atomic E-state index is 0.0383. The van der Waals surface area contributed by atoms with Crippen molar-refractivity contribution in [1.29, 1.82) is 0 Å². The zero-order chi connectivity index (χ0) is 21.3. The first-order chi connectivity index (χ1) is 14.3. The summed E-state index contributed by atoms with van der Waals surface area (Å²) in [5.41, 5.74) is 1.25. The van der Waals surface area contributed by atoms with Gasteiger partial charge in [-0.15, -0.1) is 0 Å². The molecule has 1 aromatic heterocycles. The van der Waals surface area contributed by atoms with E-state index in [9.17, 15) is 18.5 Å². The minimum atomic E-state index is -3.81. The second-order valence-corrected chi connectivity index (χ2v) is 10.2. The van der Waals surface area contributed by atoms with Crippen LogP contribution in [0.3, 0.4) is 0 Å². The molecule has 1 fully saturated rings. The van der Waals surface area contributed by atoms with E-state index in [0.29, 0.717) is 12.1 Å². The van der Waals surface area contributed by atoms with Crippen molar-refractivity contribution in [2.75, 3.05) is 24.5 Å². The molecule has 4 rings (SSSR count). The van der Waals surface area contributed by atoms with Gasteiger partial charge in [0.25, 0.3) is 5.69 Å². The van der Waals surface area contributed by atoms with Gasteiger partial charge in [0.05, 0.1) is 20.0 Å². The maximum Gasteiger partial charge on any atom is 0.270 e. The molecule has 1 aliphatic rings. The van der Waals surface area contributed by atoms with Crippen molar-refractivity contribution in [2.45, 2.75) is 24.7 Å². The van der Waals surface area contributed by atoms with Crippen LogP contribution in [0.4, 0.5) is 10.8 Å². The third-order valence-corrected chi connectivity index (χ3v) is 8.06. The predicted octanol–water partition coefficient (Wildman–Crippen LogP) is 3.71. The molecule has 0 bridgehead atoms. The molecule has 0 spiro atoms. The van der Waals surface area contributed by atoms with Crippen LogP contribution in [0.5, 0.6) is 0 Å². The lowest BCUT2D eigenvalue weighted by molar-refractivity contribution is -0.385. The average Bonchev–Trinajstić information content (AvgIpc) is 3.17. The van der Waals surface area contributed by atoms with Crippen LogP contribution in [0.15, 0.2) is 47.4 Å². The molecule has 0 aliphatic carbocycles. The van der Waals surface area contributed by atoms with Crippen LogP contribution in [0.25, 0.3) is 10.2 Å². The molecule has 0 saturated carbocycles. The van der Waals surface area contributed by atoms with Crippen LogP contribution in [-0.2, 0) is 10.0 Å². The van der Waals surface area contributed by atoms with E-state index in [1.165, 1.54) is 12.1 Å². The Morgan fingerprint density at radius 3 is 2.67 bits per heavy atom. The molecule has 1 N–H and O–H groups in total. The second kappa shape index (κ2) is 8.29. The smallest absolute Gasteiger partial charge is 0.270 e. The molecule has 0 radical (unpaired) electrons. The summed E-state index contributed by atoms with van der Waals surface area (Å²) in [7, 11) is -3.81. The van der Waals surface area contributed by atoms with Crippen molar-refractivity contribution in [2.24, 2.45) is 5.92 Å². The monoisotopic (exact) mass is 446 g/mol. The van der Waals surface area contributed by atoms with Gasteiger partial charge in [-0.3, -0.25) is 10.1 Å². The number of anilines is 1. The summed E-state index contributed by atoms with van der Waals surface area (Å²) in [6, 6.07) is 11.9. The number of hydrogen-bond donors (Lipinski definition) is 1. The van der Waals surface area contributed by atoms with E-state index in [0.717, 1.165) is 47.3 Å². The summed E-state index contributed by atoms with van der Waals surface area (Å²) in [6.45, 7) is 3.59. The number of piperidine rings is 1. The number of nitrogens with zero attached hydrogens (tertiary/aromatic N) is 3. The number of aryl methyl sites for hydroxylation is 1. The fourth-order valence-corrected chi connectivity index (χ4v) is 6.02. The summed E-state index contributed by atoms with van der Waals surface area (Å²) < 4.78 is 29.2. The number of non-ortho nitro benzene ring substituents is 1. The van der Waals surface area contributed by atoms with Gasteiger partial charge in [-0.05, 0) is 43.4 Å². The normalized spacial score (nSPS) is 15.6. The lowest BCUT2D eigenvalue weighted by atomic mass is 9.97. The lowest BCUT2D eigenvalue weighted by Gasteiger charge is -2.31. The number of rotatable bonds is 6. The molecule has 158 valence electrons. The Balaban J connectivity index is 1.37. The predicted molar refractivity (Wildman–Crippen MR) is 118 cm³/mol. The van der Waals surface area contributed by atoms with Crippen LogP contribution in [-0.4, -0.2) is 38.0 Å². The Labute approximate surface area is 178 Å². The van der Waals surface area contributed by atoms with E-state index in [1.807, 2.05) is 18.2 Å². The van der Waals surface area contributed by atoms with Crippen molar-refractivity contribution in [1.82, 2.24) is 9.71 Å². The molecule has 1 aliphatic heterocycles. The first kappa shape index (κ1) is 20.7. The molecule has 0 amide bonds. The van der Waals surface area contributed by atoms with Crippen LogP contribution in [0, 0.1) is 23.0 Å². The van der Waals surface area contributed by atoms with Gasteiger partial charge in [0.1, 0.15) is 0 Å². The molecular weight excluding hydrogens is 424 g/mol. The number of aromatic nitrogens is 1. The SMILES string of the molecule is Cc1ccc([N+](=O)[O-])cc1S(=O)(=O)NCC1CCN(c2nc3ccccc3s2)CC1. The lowest BCUT2D eigenvalue weighted by Crippen LogP contribution is -2.38. The highest BCUT2D eigenvalue weighted by Gasteiger charge is 2.25. The minimum Gasteiger partial charge on any atom is -0.348 e.